The summed E-state index contributed by atoms with van der Waals surface area (Å²) in [5, 5.41) is 8.98. The number of benzene rings is 2. The number of ether oxygens (including phenoxy) is 3. The molecule has 1 heterocycles. The first-order chi connectivity index (χ1) is 23.0. The third kappa shape index (κ3) is 6.54. The summed E-state index contributed by atoms with van der Waals surface area (Å²) in [6.45, 7) is 5.53. The molecule has 0 bridgehead atoms. The number of nitrogens with one attached hydrogen (secondary N) is 3. The number of aryl methyl sites for hydroxylation is 1. The topological polar surface area (TPSA) is 135 Å². The Bertz CT molecular complexity index is 1790. The lowest BCUT2D eigenvalue weighted by atomic mass is 9.91. The molecular weight excluding hydrogens is 612 g/mol. The molecule has 3 N–H and O–H groups in total. The van der Waals surface area contributed by atoms with Crippen molar-refractivity contribution in [3.63, 3.8) is 0 Å². The molecule has 0 spiro atoms. The van der Waals surface area contributed by atoms with Crippen molar-refractivity contribution >= 4 is 23.4 Å². The molecule has 48 heavy (non-hydrogen) atoms. The average Bonchev–Trinajstić information content (AvgIpc) is 3.32. The van der Waals surface area contributed by atoms with E-state index in [1.54, 1.807) is 32.2 Å². The van der Waals surface area contributed by atoms with E-state index < -0.39 is 18.1 Å². The quantitative estimate of drug-likeness (QED) is 0.315. The molecular formula is C37H44N4O7. The number of carbonyl (C=O) groups excluding carboxylic acids is 3. The number of carbonyl (C=O) groups is 3. The zero-order chi connectivity index (χ0) is 34.7. The van der Waals surface area contributed by atoms with Gasteiger partial charge in [-0.25, -0.2) is 0 Å². The Kier molecular flexibility index (Phi) is 10.3. The largest absolute Gasteiger partial charge is 0.493 e. The van der Waals surface area contributed by atoms with E-state index >= 15 is 0 Å². The molecule has 5 rings (SSSR count). The van der Waals surface area contributed by atoms with Crippen LogP contribution in [-0.2, 0) is 33.8 Å². The van der Waals surface area contributed by atoms with Crippen molar-refractivity contribution in [3.05, 3.63) is 81.0 Å². The number of methoxy groups -OCH3 is 3. The Labute approximate surface area is 281 Å². The fourth-order valence-corrected chi connectivity index (χ4v) is 6.84. The van der Waals surface area contributed by atoms with Crippen LogP contribution in [0.15, 0.2) is 53.3 Å². The van der Waals surface area contributed by atoms with Crippen LogP contribution in [0.25, 0.3) is 11.1 Å². The smallest absolute Gasteiger partial charge is 0.246 e. The van der Waals surface area contributed by atoms with Gasteiger partial charge in [-0.2, -0.15) is 0 Å². The van der Waals surface area contributed by atoms with Crippen molar-refractivity contribution in [2.75, 3.05) is 33.7 Å². The highest BCUT2D eigenvalue weighted by Gasteiger charge is 2.38. The predicted octanol–water partition coefficient (Wildman–Crippen LogP) is 4.00. The number of amides is 3. The first-order valence-electron chi connectivity index (χ1n) is 16.2. The summed E-state index contributed by atoms with van der Waals surface area (Å²) in [4.78, 5) is 55.3. The van der Waals surface area contributed by atoms with Gasteiger partial charge in [0.05, 0.1) is 33.1 Å². The molecule has 3 atom stereocenters. The number of anilines is 1. The van der Waals surface area contributed by atoms with E-state index in [1.807, 2.05) is 50.2 Å². The zero-order valence-electron chi connectivity index (χ0n) is 28.6. The maximum Gasteiger partial charge on any atom is 0.246 e. The highest BCUT2D eigenvalue weighted by Crippen LogP contribution is 2.50. The second kappa shape index (κ2) is 14.4. The van der Waals surface area contributed by atoms with E-state index in [-0.39, 0.29) is 41.3 Å². The lowest BCUT2D eigenvalue weighted by molar-refractivity contribution is -0.142. The number of hydrogen-bond acceptors (Lipinski definition) is 8. The summed E-state index contributed by atoms with van der Waals surface area (Å²) in [6.07, 6.45) is 1.49. The maximum absolute atomic E-state index is 14.3. The van der Waals surface area contributed by atoms with Crippen LogP contribution < -0.4 is 35.6 Å². The Morgan fingerprint density at radius 3 is 2.25 bits per heavy atom. The van der Waals surface area contributed by atoms with Crippen molar-refractivity contribution in [2.24, 2.45) is 5.92 Å². The Hall–Kier alpha value is -5.06. The molecule has 0 radical (unpaired) electrons. The lowest BCUT2D eigenvalue weighted by Gasteiger charge is -2.38. The van der Waals surface area contributed by atoms with Crippen LogP contribution in [0.5, 0.6) is 17.2 Å². The van der Waals surface area contributed by atoms with Gasteiger partial charge in [0.25, 0.3) is 0 Å². The molecule has 0 aromatic heterocycles. The molecule has 254 valence electrons. The molecule has 1 aliphatic heterocycles. The van der Waals surface area contributed by atoms with Crippen molar-refractivity contribution in [3.8, 4) is 28.4 Å². The summed E-state index contributed by atoms with van der Waals surface area (Å²) in [6, 6.07) is 12.7. The van der Waals surface area contributed by atoms with E-state index in [4.69, 9.17) is 14.2 Å². The molecule has 0 saturated carbocycles. The SMILES string of the molecule is CNC(=O)C1Cc2ccccc2CN1C(=O)C(Nc1ccc2c(cc1=O)C(NC(C)=O)CCc1cc(OC)c(OC)c(OC)c1-2)C(C)C. The molecule has 11 nitrogen and oxygen atoms in total. The average molecular weight is 657 g/mol. The maximum atomic E-state index is 14.3. The van der Waals surface area contributed by atoms with Gasteiger partial charge in [-0.3, -0.25) is 19.2 Å². The minimum atomic E-state index is -0.811. The summed E-state index contributed by atoms with van der Waals surface area (Å²) in [7, 11) is 6.20. The van der Waals surface area contributed by atoms with Gasteiger partial charge in [-0.15, -0.1) is 0 Å². The fraction of sp³-hybridized carbons (Fsp3) is 0.405. The van der Waals surface area contributed by atoms with E-state index in [1.165, 1.54) is 20.1 Å². The molecule has 3 aromatic rings. The van der Waals surface area contributed by atoms with E-state index in [0.717, 1.165) is 22.3 Å². The molecule has 1 aliphatic carbocycles. The number of likely N-dealkylation sites (N-methyl/N-ethyl adjacent to an activating group) is 1. The molecule has 3 amide bonds. The number of hydrogen-bond donors (Lipinski definition) is 3. The van der Waals surface area contributed by atoms with Crippen molar-refractivity contribution < 1.29 is 28.6 Å². The predicted molar refractivity (Wildman–Crippen MR) is 183 cm³/mol. The highest BCUT2D eigenvalue weighted by atomic mass is 16.5. The first-order valence-corrected chi connectivity index (χ1v) is 16.2. The van der Waals surface area contributed by atoms with E-state index in [2.05, 4.69) is 16.0 Å². The summed E-state index contributed by atoms with van der Waals surface area (Å²) >= 11 is 0. The third-order valence-electron chi connectivity index (χ3n) is 9.24. The van der Waals surface area contributed by atoms with E-state index in [9.17, 15) is 19.2 Å². The highest BCUT2D eigenvalue weighted by molar-refractivity contribution is 5.92. The van der Waals surface area contributed by atoms with Crippen LogP contribution >= 0.6 is 0 Å². The molecule has 11 heteroatoms. The lowest BCUT2D eigenvalue weighted by Crippen LogP contribution is -2.56. The standard InChI is InChI=1S/C37H44N4O7/c1-20(2)33(37(45)41-19-24-11-9-8-10-22(24)16-29(41)36(44)38-4)40-28-15-13-25-26(18-30(28)43)27(39-21(3)42)14-12-23-17-31(46-5)34(47-6)35(48-7)32(23)25/h8-11,13,15,17-18,20,27,29,33H,12,14,16,19H2,1-7H3,(H,38,44)(H,39,42)(H,40,43). The third-order valence-corrected chi connectivity index (χ3v) is 9.24. The minimum absolute atomic E-state index is 0.214. The molecule has 0 saturated heterocycles. The summed E-state index contributed by atoms with van der Waals surface area (Å²) in [5.41, 5.74) is 4.82. The van der Waals surface area contributed by atoms with Crippen LogP contribution in [0.1, 0.15) is 55.5 Å². The Balaban J connectivity index is 1.61. The molecule has 3 unspecified atom stereocenters. The van der Waals surface area contributed by atoms with Gasteiger partial charge in [0, 0.05) is 32.5 Å². The van der Waals surface area contributed by atoms with Gasteiger partial charge < -0.3 is 35.1 Å². The zero-order valence-corrected chi connectivity index (χ0v) is 28.6. The van der Waals surface area contributed by atoms with Gasteiger partial charge in [-0.05, 0) is 64.8 Å². The van der Waals surface area contributed by atoms with Gasteiger partial charge in [0.1, 0.15) is 12.1 Å². The van der Waals surface area contributed by atoms with Crippen LogP contribution in [0, 0.1) is 5.92 Å². The molecule has 0 fully saturated rings. The number of fused-ring (bicyclic) bond motifs is 4. The Morgan fingerprint density at radius 2 is 1.62 bits per heavy atom. The van der Waals surface area contributed by atoms with Crippen LogP contribution in [0.2, 0.25) is 0 Å². The first kappa shape index (κ1) is 34.3. The van der Waals surface area contributed by atoms with Gasteiger partial charge >= 0.3 is 0 Å². The van der Waals surface area contributed by atoms with Crippen molar-refractivity contribution in [1.29, 1.82) is 0 Å². The van der Waals surface area contributed by atoms with Crippen LogP contribution in [0.4, 0.5) is 5.69 Å². The van der Waals surface area contributed by atoms with Gasteiger partial charge in [0.15, 0.2) is 11.5 Å². The minimum Gasteiger partial charge on any atom is -0.493 e. The van der Waals surface area contributed by atoms with Crippen LogP contribution in [-0.4, -0.2) is 63.1 Å². The van der Waals surface area contributed by atoms with Crippen molar-refractivity contribution in [1.82, 2.24) is 15.5 Å². The Morgan fingerprint density at radius 1 is 0.917 bits per heavy atom. The van der Waals surface area contributed by atoms with E-state index in [0.29, 0.717) is 47.6 Å². The normalized spacial score (nSPS) is 17.1. The molecule has 2 aliphatic rings. The fourth-order valence-electron chi connectivity index (χ4n) is 6.84. The van der Waals surface area contributed by atoms with Crippen LogP contribution in [0.3, 0.4) is 0 Å². The second-order valence-corrected chi connectivity index (χ2v) is 12.5. The number of nitrogens with zero attached hydrogens (tertiary/aromatic N) is 1. The van der Waals surface area contributed by atoms with Gasteiger partial charge in [0.2, 0.25) is 28.9 Å². The number of rotatable bonds is 9. The monoisotopic (exact) mass is 656 g/mol. The summed E-state index contributed by atoms with van der Waals surface area (Å²) < 4.78 is 17.2. The van der Waals surface area contributed by atoms with Gasteiger partial charge in [-0.1, -0.05) is 44.2 Å². The second-order valence-electron chi connectivity index (χ2n) is 12.5. The van der Waals surface area contributed by atoms with Crippen molar-refractivity contribution in [2.45, 2.75) is 64.7 Å². The summed E-state index contributed by atoms with van der Waals surface area (Å²) in [5.74, 6) is 0.389. The molecule has 3 aromatic carbocycles.